The molecule has 2 heterocycles. The number of amides is 1. The van der Waals surface area contributed by atoms with Crippen molar-refractivity contribution < 1.29 is 23.1 Å². The summed E-state index contributed by atoms with van der Waals surface area (Å²) >= 11 is 0. The summed E-state index contributed by atoms with van der Waals surface area (Å²) in [5, 5.41) is 9.81. The lowest BCUT2D eigenvalue weighted by molar-refractivity contribution is -0.172. The summed E-state index contributed by atoms with van der Waals surface area (Å²) in [6.07, 6.45) is -1.29. The van der Waals surface area contributed by atoms with Gasteiger partial charge in [-0.1, -0.05) is 6.92 Å². The number of aliphatic hydroxyl groups is 1. The molecule has 1 saturated heterocycles. The van der Waals surface area contributed by atoms with Crippen molar-refractivity contribution in [3.8, 4) is 0 Å². The van der Waals surface area contributed by atoms with Crippen LogP contribution in [0.5, 0.6) is 0 Å². The number of nitrogens with zero attached hydrogens (tertiary/aromatic N) is 2. The Hall–Kier alpha value is -1.63. The number of likely N-dealkylation sites (tertiary alicyclic amines) is 1. The number of aromatic nitrogens is 1. The number of halogens is 3. The van der Waals surface area contributed by atoms with Crippen LogP contribution < -0.4 is 0 Å². The molecule has 0 bridgehead atoms. The van der Waals surface area contributed by atoms with Crippen molar-refractivity contribution in [3.63, 3.8) is 0 Å². The molecule has 7 heteroatoms. The third kappa shape index (κ3) is 3.31. The second-order valence-corrected chi connectivity index (χ2v) is 9.62. The van der Waals surface area contributed by atoms with Crippen molar-refractivity contribution in [2.75, 3.05) is 13.1 Å². The predicted molar refractivity (Wildman–Crippen MR) is 97.5 cm³/mol. The molecule has 0 radical (unpaired) electrons. The maximum atomic E-state index is 12.9. The van der Waals surface area contributed by atoms with Gasteiger partial charge in [0.05, 0.1) is 11.2 Å². The van der Waals surface area contributed by atoms with E-state index >= 15 is 0 Å². The number of aryl methyl sites for hydroxylation is 1. The number of alkyl halides is 3. The second-order valence-electron chi connectivity index (χ2n) is 9.62. The third-order valence-electron chi connectivity index (χ3n) is 7.06. The number of hydrogen-bond donors (Lipinski definition) is 1. The highest BCUT2D eigenvalue weighted by molar-refractivity contribution is 5.81. The van der Waals surface area contributed by atoms with Gasteiger partial charge >= 0.3 is 6.18 Å². The van der Waals surface area contributed by atoms with Gasteiger partial charge in [-0.2, -0.15) is 13.2 Å². The summed E-state index contributed by atoms with van der Waals surface area (Å²) in [7, 11) is 0. The molecule has 3 fully saturated rings. The number of hydrogen-bond acceptors (Lipinski definition) is 3. The Balaban J connectivity index is 1.30. The Morgan fingerprint density at radius 3 is 2.36 bits per heavy atom. The molecule has 1 N–H and O–H groups in total. The third-order valence-corrected chi connectivity index (χ3v) is 7.06. The lowest BCUT2D eigenvalue weighted by Crippen LogP contribution is -2.66. The molecule has 3 aliphatic rings. The fourth-order valence-corrected chi connectivity index (χ4v) is 5.39. The fourth-order valence-electron chi connectivity index (χ4n) is 5.39. The molecule has 1 amide bonds. The van der Waals surface area contributed by atoms with Crippen LogP contribution in [0.15, 0.2) is 12.1 Å². The summed E-state index contributed by atoms with van der Waals surface area (Å²) in [6.45, 7) is 6.75. The summed E-state index contributed by atoms with van der Waals surface area (Å²) in [5.74, 6) is 0.624. The molecular weight excluding hydrogens is 369 g/mol. The molecule has 1 aliphatic heterocycles. The van der Waals surface area contributed by atoms with Crippen molar-refractivity contribution in [3.05, 3.63) is 29.1 Å². The first-order chi connectivity index (χ1) is 12.9. The van der Waals surface area contributed by atoms with Crippen LogP contribution in [0.4, 0.5) is 13.2 Å². The van der Waals surface area contributed by atoms with Crippen LogP contribution in [0.25, 0.3) is 0 Å². The summed E-state index contributed by atoms with van der Waals surface area (Å²) < 4.78 is 38.8. The van der Waals surface area contributed by atoms with E-state index in [1.165, 1.54) is 13.0 Å². The molecule has 0 aromatic carbocycles. The first kappa shape index (κ1) is 19.7. The van der Waals surface area contributed by atoms with E-state index in [9.17, 15) is 23.1 Å². The van der Waals surface area contributed by atoms with Crippen molar-refractivity contribution in [1.29, 1.82) is 0 Å². The van der Waals surface area contributed by atoms with E-state index in [0.29, 0.717) is 24.5 Å². The van der Waals surface area contributed by atoms with Gasteiger partial charge in [0.2, 0.25) is 5.91 Å². The van der Waals surface area contributed by atoms with E-state index in [0.717, 1.165) is 32.0 Å². The number of carbonyl (C=O) groups excluding carboxylic acids is 1. The Morgan fingerprint density at radius 1 is 1.25 bits per heavy atom. The first-order valence-electron chi connectivity index (χ1n) is 9.95. The van der Waals surface area contributed by atoms with Crippen LogP contribution in [-0.4, -0.2) is 39.6 Å². The monoisotopic (exact) mass is 396 g/mol. The van der Waals surface area contributed by atoms with Gasteiger partial charge in [-0.05, 0) is 57.6 Å². The molecule has 28 heavy (non-hydrogen) atoms. The lowest BCUT2D eigenvalue weighted by atomic mass is 9.54. The summed E-state index contributed by atoms with van der Waals surface area (Å²) in [6, 6.07) is 2.64. The smallest absolute Gasteiger partial charge is 0.390 e. The maximum Gasteiger partial charge on any atom is 0.418 e. The standard InChI is InChI=1S/C21H27F3N2O2/c1-12(17-5-4-16(13(2)25-17)21(22,23)24)14-8-20(9-14)10-26(11-20)18(27)15-6-19(3,28)7-15/h4-5,12,14-15,28H,6-11H2,1-3H3/t12-,15-,19+/m1/s1. The molecule has 0 unspecified atom stereocenters. The summed E-state index contributed by atoms with van der Waals surface area (Å²) in [5.41, 5.74) is -0.428. The number of pyridine rings is 1. The maximum absolute atomic E-state index is 12.9. The molecule has 2 saturated carbocycles. The van der Waals surface area contributed by atoms with Gasteiger partial charge in [-0.3, -0.25) is 9.78 Å². The van der Waals surface area contributed by atoms with Crippen LogP contribution in [0, 0.1) is 24.2 Å². The van der Waals surface area contributed by atoms with E-state index in [-0.39, 0.29) is 28.9 Å². The van der Waals surface area contributed by atoms with Crippen molar-refractivity contribution in [2.24, 2.45) is 17.3 Å². The molecule has 1 spiro atoms. The highest BCUT2D eigenvalue weighted by Crippen LogP contribution is 2.56. The second kappa shape index (κ2) is 6.18. The minimum Gasteiger partial charge on any atom is -0.390 e. The highest BCUT2D eigenvalue weighted by atomic mass is 19.4. The van der Waals surface area contributed by atoms with Gasteiger partial charge in [0, 0.05) is 41.7 Å². The molecular formula is C21H27F3N2O2. The Morgan fingerprint density at radius 2 is 1.86 bits per heavy atom. The average molecular weight is 396 g/mol. The van der Waals surface area contributed by atoms with E-state index < -0.39 is 17.3 Å². The molecule has 1 aromatic heterocycles. The van der Waals surface area contributed by atoms with Crippen LogP contribution >= 0.6 is 0 Å². The van der Waals surface area contributed by atoms with E-state index in [1.807, 2.05) is 11.8 Å². The molecule has 4 rings (SSSR count). The van der Waals surface area contributed by atoms with E-state index in [2.05, 4.69) is 4.98 Å². The molecule has 1 aromatic rings. The number of carbonyl (C=O) groups is 1. The van der Waals surface area contributed by atoms with Crippen LogP contribution in [0.3, 0.4) is 0 Å². The topological polar surface area (TPSA) is 53.4 Å². The van der Waals surface area contributed by atoms with Crippen molar-refractivity contribution in [1.82, 2.24) is 9.88 Å². The molecule has 2 aliphatic carbocycles. The number of rotatable bonds is 3. The van der Waals surface area contributed by atoms with Crippen LogP contribution in [-0.2, 0) is 11.0 Å². The van der Waals surface area contributed by atoms with Crippen molar-refractivity contribution in [2.45, 2.75) is 64.1 Å². The van der Waals surface area contributed by atoms with Gasteiger partial charge in [0.1, 0.15) is 0 Å². The molecule has 4 nitrogen and oxygen atoms in total. The Bertz CT molecular complexity index is 783. The Kier molecular flexibility index (Phi) is 4.34. The van der Waals surface area contributed by atoms with E-state index in [4.69, 9.17) is 0 Å². The minimum absolute atomic E-state index is 0.0303. The summed E-state index contributed by atoms with van der Waals surface area (Å²) in [4.78, 5) is 18.6. The zero-order valence-electron chi connectivity index (χ0n) is 16.5. The van der Waals surface area contributed by atoms with Crippen LogP contribution in [0.1, 0.15) is 62.4 Å². The normalized spacial score (nSPS) is 30.4. The SMILES string of the molecule is Cc1nc([C@H](C)C2CC3(C2)CN(C(=O)[C@H]2C[C@@](C)(O)C2)C3)ccc1C(F)(F)F. The molecule has 154 valence electrons. The van der Waals surface area contributed by atoms with Crippen LogP contribution in [0.2, 0.25) is 0 Å². The Labute approximate surface area is 163 Å². The molecule has 1 atom stereocenters. The van der Waals surface area contributed by atoms with Gasteiger partial charge in [-0.25, -0.2) is 0 Å². The zero-order valence-corrected chi connectivity index (χ0v) is 16.5. The highest BCUT2D eigenvalue weighted by Gasteiger charge is 2.56. The largest absolute Gasteiger partial charge is 0.418 e. The lowest BCUT2D eigenvalue weighted by Gasteiger charge is -2.61. The van der Waals surface area contributed by atoms with Gasteiger partial charge in [-0.15, -0.1) is 0 Å². The van der Waals surface area contributed by atoms with Gasteiger partial charge < -0.3 is 10.0 Å². The zero-order chi connectivity index (χ0) is 20.5. The van der Waals surface area contributed by atoms with E-state index in [1.54, 1.807) is 6.92 Å². The van der Waals surface area contributed by atoms with Gasteiger partial charge in [0.25, 0.3) is 0 Å². The fraction of sp³-hybridized carbons (Fsp3) is 0.714. The minimum atomic E-state index is -4.37. The first-order valence-corrected chi connectivity index (χ1v) is 9.95. The van der Waals surface area contributed by atoms with Gasteiger partial charge in [0.15, 0.2) is 0 Å². The predicted octanol–water partition coefficient (Wildman–Crippen LogP) is 3.91. The average Bonchev–Trinajstić information content (AvgIpc) is 2.47. The van der Waals surface area contributed by atoms with Crippen molar-refractivity contribution >= 4 is 5.91 Å². The quantitative estimate of drug-likeness (QED) is 0.843.